The van der Waals surface area contributed by atoms with E-state index in [4.69, 9.17) is 0 Å². The third-order valence-electron chi connectivity index (χ3n) is 2.86. The van der Waals surface area contributed by atoms with Crippen molar-refractivity contribution in [2.75, 3.05) is 7.11 Å². The number of nitro groups is 1. The van der Waals surface area contributed by atoms with Gasteiger partial charge < -0.3 is 10.1 Å². The van der Waals surface area contributed by atoms with Gasteiger partial charge in [0, 0.05) is 22.6 Å². The summed E-state index contributed by atoms with van der Waals surface area (Å²) in [6, 6.07) is 7.15. The van der Waals surface area contributed by atoms with Crippen molar-refractivity contribution in [2.45, 2.75) is 6.54 Å². The van der Waals surface area contributed by atoms with Gasteiger partial charge in [-0.05, 0) is 34.1 Å². The zero-order valence-corrected chi connectivity index (χ0v) is 14.3. The Balaban J connectivity index is 2.22. The number of hydrogen-bond donors (Lipinski definition) is 1. The van der Waals surface area contributed by atoms with Crippen molar-refractivity contribution in [1.29, 1.82) is 0 Å². The number of methoxy groups -OCH3 is 1. The first-order chi connectivity index (χ1) is 10.9. The summed E-state index contributed by atoms with van der Waals surface area (Å²) >= 11 is 4.79. The van der Waals surface area contributed by atoms with Gasteiger partial charge in [0.2, 0.25) is 0 Å². The number of carbonyl (C=O) groups excluding carboxylic acids is 2. The number of non-ortho nitro benzene ring substituents is 1. The first-order valence-electron chi connectivity index (χ1n) is 6.31. The van der Waals surface area contributed by atoms with Gasteiger partial charge in [-0.1, -0.05) is 0 Å². The predicted octanol–water partition coefficient (Wildman–Crippen LogP) is 3.14. The fraction of sp³-hybridized carbons (Fsp3) is 0.143. The molecule has 1 heterocycles. The molecule has 0 spiro atoms. The number of rotatable bonds is 5. The predicted molar refractivity (Wildman–Crippen MR) is 87.6 cm³/mol. The van der Waals surface area contributed by atoms with Crippen molar-refractivity contribution >= 4 is 44.8 Å². The maximum atomic E-state index is 12.2. The van der Waals surface area contributed by atoms with Crippen LogP contribution in [0.25, 0.3) is 0 Å². The highest BCUT2D eigenvalue weighted by molar-refractivity contribution is 9.11. The zero-order valence-electron chi connectivity index (χ0n) is 11.9. The summed E-state index contributed by atoms with van der Waals surface area (Å²) in [7, 11) is 1.16. The highest BCUT2D eigenvalue weighted by Crippen LogP contribution is 2.22. The highest BCUT2D eigenvalue weighted by Gasteiger charge is 2.18. The Kier molecular flexibility index (Phi) is 5.45. The summed E-state index contributed by atoms with van der Waals surface area (Å²) in [5.41, 5.74) is -0.377. The van der Waals surface area contributed by atoms with Crippen LogP contribution < -0.4 is 5.32 Å². The number of nitrogens with zero attached hydrogens (tertiary/aromatic N) is 1. The largest absolute Gasteiger partial charge is 0.465 e. The summed E-state index contributed by atoms with van der Waals surface area (Å²) in [5.74, 6) is -1.26. The van der Waals surface area contributed by atoms with Crippen molar-refractivity contribution in [3.8, 4) is 0 Å². The van der Waals surface area contributed by atoms with Crippen LogP contribution in [0.2, 0.25) is 0 Å². The number of benzene rings is 1. The van der Waals surface area contributed by atoms with Crippen LogP contribution in [-0.2, 0) is 11.3 Å². The Morgan fingerprint density at radius 2 is 2.00 bits per heavy atom. The van der Waals surface area contributed by atoms with Gasteiger partial charge in [-0.25, -0.2) is 4.79 Å². The molecule has 0 atom stereocenters. The Hall–Kier alpha value is -2.26. The van der Waals surface area contributed by atoms with Crippen molar-refractivity contribution in [1.82, 2.24) is 5.32 Å². The Labute approximate surface area is 143 Å². The van der Waals surface area contributed by atoms with Gasteiger partial charge >= 0.3 is 5.97 Å². The van der Waals surface area contributed by atoms with Gasteiger partial charge in [-0.3, -0.25) is 14.9 Å². The van der Waals surface area contributed by atoms with E-state index >= 15 is 0 Å². The molecule has 2 rings (SSSR count). The molecule has 1 amide bonds. The summed E-state index contributed by atoms with van der Waals surface area (Å²) in [6.07, 6.45) is 0. The second-order valence-corrected chi connectivity index (χ2v) is 6.95. The number of nitrogens with one attached hydrogen (secondary N) is 1. The van der Waals surface area contributed by atoms with E-state index in [1.54, 1.807) is 0 Å². The van der Waals surface area contributed by atoms with Crippen LogP contribution in [0.5, 0.6) is 0 Å². The van der Waals surface area contributed by atoms with E-state index in [9.17, 15) is 19.7 Å². The van der Waals surface area contributed by atoms with E-state index in [-0.39, 0.29) is 23.4 Å². The SMILES string of the molecule is COC(=O)c1cc(C(=O)NCc2ccc(Br)s2)cc([N+](=O)[O-])c1. The molecule has 0 fully saturated rings. The number of esters is 1. The third kappa shape index (κ3) is 4.36. The van der Waals surface area contributed by atoms with E-state index in [1.807, 2.05) is 12.1 Å². The van der Waals surface area contributed by atoms with E-state index < -0.39 is 16.8 Å². The zero-order chi connectivity index (χ0) is 17.0. The van der Waals surface area contributed by atoms with Gasteiger partial charge in [0.05, 0.1) is 27.9 Å². The lowest BCUT2D eigenvalue weighted by atomic mass is 10.1. The van der Waals surface area contributed by atoms with Crippen LogP contribution in [0.4, 0.5) is 5.69 Å². The molecule has 0 aliphatic carbocycles. The van der Waals surface area contributed by atoms with E-state index in [0.29, 0.717) is 0 Å². The standard InChI is InChI=1S/C14H11BrN2O5S/c1-22-14(19)9-4-8(5-10(6-9)17(20)21)13(18)16-7-11-2-3-12(15)23-11/h2-6H,7H2,1H3,(H,16,18). The minimum Gasteiger partial charge on any atom is -0.465 e. The maximum absolute atomic E-state index is 12.2. The number of thiophene rings is 1. The van der Waals surface area contributed by atoms with Crippen molar-refractivity contribution in [3.63, 3.8) is 0 Å². The fourth-order valence-corrected chi connectivity index (χ4v) is 3.22. The second-order valence-electron chi connectivity index (χ2n) is 4.41. The summed E-state index contributed by atoms with van der Waals surface area (Å²) in [6.45, 7) is 0.283. The topological polar surface area (TPSA) is 98.5 Å². The molecule has 1 aromatic heterocycles. The van der Waals surface area contributed by atoms with Gasteiger partial charge in [-0.2, -0.15) is 0 Å². The fourth-order valence-electron chi connectivity index (χ4n) is 1.80. The molecule has 0 radical (unpaired) electrons. The minimum absolute atomic E-state index is 0.0234. The quantitative estimate of drug-likeness (QED) is 0.473. The number of carbonyl (C=O) groups is 2. The summed E-state index contributed by atoms with van der Waals surface area (Å²) in [5, 5.41) is 13.6. The van der Waals surface area contributed by atoms with Crippen LogP contribution in [0, 0.1) is 10.1 Å². The van der Waals surface area contributed by atoms with E-state index in [2.05, 4.69) is 26.0 Å². The third-order valence-corrected chi connectivity index (χ3v) is 4.49. The molecule has 2 aromatic rings. The smallest absolute Gasteiger partial charge is 0.338 e. The average molecular weight is 399 g/mol. The van der Waals surface area contributed by atoms with Crippen molar-refractivity contribution in [3.05, 3.63) is 60.2 Å². The second kappa shape index (κ2) is 7.34. The summed E-state index contributed by atoms with van der Waals surface area (Å²) in [4.78, 5) is 34.9. The van der Waals surface area contributed by atoms with Crippen LogP contribution in [-0.4, -0.2) is 23.9 Å². The molecule has 23 heavy (non-hydrogen) atoms. The molecule has 1 N–H and O–H groups in total. The number of hydrogen-bond acceptors (Lipinski definition) is 6. The van der Waals surface area contributed by atoms with Crippen LogP contribution in [0.15, 0.2) is 34.1 Å². The molecule has 0 saturated carbocycles. The first-order valence-corrected chi connectivity index (χ1v) is 7.92. The number of nitro benzene ring substituents is 1. The van der Waals surface area contributed by atoms with Gasteiger partial charge in [-0.15, -0.1) is 11.3 Å². The molecule has 7 nitrogen and oxygen atoms in total. The van der Waals surface area contributed by atoms with E-state index in [1.165, 1.54) is 17.4 Å². The minimum atomic E-state index is -0.745. The molecular weight excluding hydrogens is 388 g/mol. The molecule has 9 heteroatoms. The average Bonchev–Trinajstić information content (AvgIpc) is 2.96. The molecule has 1 aromatic carbocycles. The Morgan fingerprint density at radius 3 is 2.57 bits per heavy atom. The van der Waals surface area contributed by atoms with E-state index in [0.717, 1.165) is 27.9 Å². The monoisotopic (exact) mass is 398 g/mol. The van der Waals surface area contributed by atoms with Crippen molar-refractivity contribution < 1.29 is 19.2 Å². The number of halogens is 1. The van der Waals surface area contributed by atoms with Gasteiger partial charge in [0.25, 0.3) is 11.6 Å². The molecule has 0 unspecified atom stereocenters. The lowest BCUT2D eigenvalue weighted by Gasteiger charge is -2.06. The summed E-state index contributed by atoms with van der Waals surface area (Å²) < 4.78 is 5.48. The number of amides is 1. The van der Waals surface area contributed by atoms with Gasteiger partial charge in [0.1, 0.15) is 0 Å². The van der Waals surface area contributed by atoms with Crippen LogP contribution in [0.3, 0.4) is 0 Å². The Morgan fingerprint density at radius 1 is 1.30 bits per heavy atom. The molecule has 0 aliphatic rings. The van der Waals surface area contributed by atoms with Crippen LogP contribution >= 0.6 is 27.3 Å². The molecule has 0 aliphatic heterocycles. The Bertz CT molecular complexity index is 774. The molecule has 120 valence electrons. The lowest BCUT2D eigenvalue weighted by Crippen LogP contribution is -2.22. The molecule has 0 bridgehead atoms. The first kappa shape index (κ1) is 17.1. The van der Waals surface area contributed by atoms with Crippen LogP contribution in [0.1, 0.15) is 25.6 Å². The lowest BCUT2D eigenvalue weighted by molar-refractivity contribution is -0.384. The normalized spacial score (nSPS) is 10.2. The van der Waals surface area contributed by atoms with Crippen molar-refractivity contribution in [2.24, 2.45) is 0 Å². The number of ether oxygens (including phenoxy) is 1. The highest BCUT2D eigenvalue weighted by atomic mass is 79.9. The maximum Gasteiger partial charge on any atom is 0.338 e. The molecule has 0 saturated heterocycles. The molecular formula is C14H11BrN2O5S. The van der Waals surface area contributed by atoms with Gasteiger partial charge in [0.15, 0.2) is 0 Å².